The van der Waals surface area contributed by atoms with Gasteiger partial charge in [0.25, 0.3) is 5.69 Å². The Morgan fingerprint density at radius 1 is 1.05 bits per heavy atom. The topological polar surface area (TPSA) is 87.9 Å². The average molecular weight is 303 g/mol. The van der Waals surface area contributed by atoms with Crippen LogP contribution in [0.25, 0.3) is 0 Å². The van der Waals surface area contributed by atoms with E-state index in [0.717, 1.165) is 0 Å². The Hall–Kier alpha value is -3.09. The molecule has 0 saturated carbocycles. The first kappa shape index (κ1) is 15.3. The Labute approximate surface area is 126 Å². The Bertz CT molecular complexity index is 696. The zero-order valence-corrected chi connectivity index (χ0v) is 11.9. The predicted molar refractivity (Wildman–Crippen MR) is 77.5 cm³/mol. The molecule has 0 heterocycles. The molecule has 2 rings (SSSR count). The first-order chi connectivity index (χ1) is 10.5. The quantitative estimate of drug-likeness (QED) is 0.372. The Balaban J connectivity index is 2.03. The molecule has 2 aromatic carbocycles. The highest BCUT2D eigenvalue weighted by atomic mass is 16.7. The van der Waals surface area contributed by atoms with Crippen molar-refractivity contribution in [3.63, 3.8) is 0 Å². The molecule has 7 heteroatoms. The van der Waals surface area contributed by atoms with E-state index in [1.165, 1.54) is 25.3 Å². The molecule has 0 amide bonds. The molecule has 0 aliphatic heterocycles. The van der Waals surface area contributed by atoms with Crippen molar-refractivity contribution in [2.75, 3.05) is 7.11 Å². The van der Waals surface area contributed by atoms with Gasteiger partial charge in [0.1, 0.15) is 17.2 Å². The van der Waals surface area contributed by atoms with Gasteiger partial charge in [0, 0.05) is 12.1 Å². The lowest BCUT2D eigenvalue weighted by Crippen LogP contribution is -2.14. The lowest BCUT2D eigenvalue weighted by atomic mass is 10.2. The van der Waals surface area contributed by atoms with Crippen molar-refractivity contribution in [1.29, 1.82) is 0 Å². The molecule has 7 nitrogen and oxygen atoms in total. The van der Waals surface area contributed by atoms with Gasteiger partial charge in [-0.15, -0.1) is 0 Å². The maximum absolute atomic E-state index is 11.7. The van der Waals surface area contributed by atoms with E-state index in [0.29, 0.717) is 17.1 Å². The van der Waals surface area contributed by atoms with Gasteiger partial charge < -0.3 is 14.2 Å². The maximum Gasteiger partial charge on any atom is 0.519 e. The van der Waals surface area contributed by atoms with Gasteiger partial charge in [0.2, 0.25) is 0 Å². The van der Waals surface area contributed by atoms with Crippen LogP contribution in [0, 0.1) is 17.0 Å². The highest BCUT2D eigenvalue weighted by molar-refractivity contribution is 5.68. The third kappa shape index (κ3) is 3.72. The van der Waals surface area contributed by atoms with E-state index in [9.17, 15) is 14.9 Å². The van der Waals surface area contributed by atoms with E-state index in [1.54, 1.807) is 31.2 Å². The van der Waals surface area contributed by atoms with Crippen molar-refractivity contribution in [1.82, 2.24) is 0 Å². The van der Waals surface area contributed by atoms with E-state index in [2.05, 4.69) is 0 Å². The minimum Gasteiger partial charge on any atom is -0.497 e. The second-order valence-electron chi connectivity index (χ2n) is 4.34. The summed E-state index contributed by atoms with van der Waals surface area (Å²) in [6.07, 6.45) is -0.929. The zero-order valence-electron chi connectivity index (χ0n) is 11.9. The number of nitro benzene ring substituents is 1. The van der Waals surface area contributed by atoms with Crippen molar-refractivity contribution in [2.24, 2.45) is 0 Å². The van der Waals surface area contributed by atoms with E-state index >= 15 is 0 Å². The zero-order chi connectivity index (χ0) is 16.1. The second kappa shape index (κ2) is 6.57. The van der Waals surface area contributed by atoms with E-state index in [-0.39, 0.29) is 11.4 Å². The number of methoxy groups -OCH3 is 1. The summed E-state index contributed by atoms with van der Waals surface area (Å²) in [5.74, 6) is 1.13. The van der Waals surface area contributed by atoms with Crippen LogP contribution in [0.1, 0.15) is 5.56 Å². The summed E-state index contributed by atoms with van der Waals surface area (Å²) in [5.41, 5.74) is 0.384. The molecular formula is C15H13NO6. The highest BCUT2D eigenvalue weighted by Crippen LogP contribution is 2.24. The van der Waals surface area contributed by atoms with Crippen LogP contribution in [0.15, 0.2) is 42.5 Å². The largest absolute Gasteiger partial charge is 0.519 e. The number of non-ortho nitro benzene ring substituents is 1. The number of hydrogen-bond acceptors (Lipinski definition) is 6. The Kier molecular flexibility index (Phi) is 4.57. The molecule has 0 unspecified atom stereocenters. The monoisotopic (exact) mass is 303 g/mol. The van der Waals surface area contributed by atoms with Gasteiger partial charge in [-0.2, -0.15) is 0 Å². The molecule has 0 radical (unpaired) electrons. The third-order valence-electron chi connectivity index (χ3n) is 2.82. The summed E-state index contributed by atoms with van der Waals surface area (Å²) in [6.45, 7) is 1.60. The van der Waals surface area contributed by atoms with Crippen molar-refractivity contribution in [2.45, 2.75) is 6.92 Å². The molecule has 0 aliphatic rings. The fraction of sp³-hybridized carbons (Fsp3) is 0.133. The molecule has 0 aromatic heterocycles. The highest BCUT2D eigenvalue weighted by Gasteiger charge is 2.13. The first-order valence-electron chi connectivity index (χ1n) is 6.28. The molecule has 0 saturated heterocycles. The van der Waals surface area contributed by atoms with Crippen LogP contribution in [0.4, 0.5) is 10.5 Å². The van der Waals surface area contributed by atoms with Crippen LogP contribution >= 0.6 is 0 Å². The van der Waals surface area contributed by atoms with Gasteiger partial charge in [-0.1, -0.05) is 0 Å². The SMILES string of the molecule is COc1ccc(OC(=O)Oc2ccc([N+](=O)[O-])cc2C)cc1. The number of ether oxygens (including phenoxy) is 3. The van der Waals surface area contributed by atoms with Gasteiger partial charge in [-0.3, -0.25) is 10.1 Å². The first-order valence-corrected chi connectivity index (χ1v) is 6.28. The van der Waals surface area contributed by atoms with Gasteiger partial charge in [-0.05, 0) is 42.8 Å². The molecule has 2 aromatic rings. The van der Waals surface area contributed by atoms with Crippen LogP contribution in [-0.4, -0.2) is 18.2 Å². The number of carbonyl (C=O) groups is 1. The van der Waals surface area contributed by atoms with Gasteiger partial charge in [-0.25, -0.2) is 4.79 Å². The lowest BCUT2D eigenvalue weighted by molar-refractivity contribution is -0.384. The molecular weight excluding hydrogens is 290 g/mol. The average Bonchev–Trinajstić information content (AvgIpc) is 2.50. The number of rotatable bonds is 4. The number of nitro groups is 1. The minimum atomic E-state index is -0.929. The van der Waals surface area contributed by atoms with E-state index in [4.69, 9.17) is 14.2 Å². The second-order valence-corrected chi connectivity index (χ2v) is 4.34. The minimum absolute atomic E-state index is 0.0756. The fourth-order valence-corrected chi connectivity index (χ4v) is 1.71. The number of nitrogens with zero attached hydrogens (tertiary/aromatic N) is 1. The number of hydrogen-bond donors (Lipinski definition) is 0. The lowest BCUT2D eigenvalue weighted by Gasteiger charge is -2.08. The van der Waals surface area contributed by atoms with E-state index < -0.39 is 11.1 Å². The number of benzene rings is 2. The van der Waals surface area contributed by atoms with Crippen LogP contribution < -0.4 is 14.2 Å². The molecule has 0 aliphatic carbocycles. The van der Waals surface area contributed by atoms with Gasteiger partial charge >= 0.3 is 6.16 Å². The molecule has 0 spiro atoms. The standard InChI is InChI=1S/C15H13NO6/c1-10-9-11(16(18)19)3-8-14(10)22-15(17)21-13-6-4-12(20-2)5-7-13/h3-9H,1-2H3. The molecule has 0 fully saturated rings. The summed E-state index contributed by atoms with van der Waals surface area (Å²) >= 11 is 0. The molecule has 114 valence electrons. The third-order valence-corrected chi connectivity index (χ3v) is 2.82. The normalized spacial score (nSPS) is 9.91. The van der Waals surface area contributed by atoms with Crippen molar-refractivity contribution >= 4 is 11.8 Å². The van der Waals surface area contributed by atoms with Crippen LogP contribution in [-0.2, 0) is 0 Å². The maximum atomic E-state index is 11.7. The Morgan fingerprint density at radius 3 is 2.23 bits per heavy atom. The van der Waals surface area contributed by atoms with Gasteiger partial charge in [0.05, 0.1) is 12.0 Å². The summed E-state index contributed by atoms with van der Waals surface area (Å²) in [5, 5.41) is 10.6. The smallest absolute Gasteiger partial charge is 0.497 e. The van der Waals surface area contributed by atoms with Crippen molar-refractivity contribution in [3.05, 3.63) is 58.1 Å². The molecule has 0 N–H and O–H groups in total. The van der Waals surface area contributed by atoms with Crippen molar-refractivity contribution in [3.8, 4) is 17.2 Å². The summed E-state index contributed by atoms with van der Waals surface area (Å²) in [6, 6.07) is 10.3. The van der Waals surface area contributed by atoms with Crippen LogP contribution in [0.3, 0.4) is 0 Å². The van der Waals surface area contributed by atoms with Crippen LogP contribution in [0.5, 0.6) is 17.2 Å². The van der Waals surface area contributed by atoms with Gasteiger partial charge in [0.15, 0.2) is 0 Å². The van der Waals surface area contributed by atoms with Crippen LogP contribution in [0.2, 0.25) is 0 Å². The number of aryl methyl sites for hydroxylation is 1. The molecule has 0 atom stereocenters. The molecule has 22 heavy (non-hydrogen) atoms. The summed E-state index contributed by atoms with van der Waals surface area (Å²) in [4.78, 5) is 21.8. The Morgan fingerprint density at radius 2 is 1.68 bits per heavy atom. The van der Waals surface area contributed by atoms with Crippen molar-refractivity contribution < 1.29 is 23.9 Å². The summed E-state index contributed by atoms with van der Waals surface area (Å²) < 4.78 is 15.0. The molecule has 0 bridgehead atoms. The fourth-order valence-electron chi connectivity index (χ4n) is 1.71. The summed E-state index contributed by atoms with van der Waals surface area (Å²) in [7, 11) is 1.53. The number of carbonyl (C=O) groups excluding carboxylic acids is 1. The predicted octanol–water partition coefficient (Wildman–Crippen LogP) is 3.49. The van der Waals surface area contributed by atoms with E-state index in [1.807, 2.05) is 0 Å².